The van der Waals surface area contributed by atoms with Gasteiger partial charge in [0.25, 0.3) is 0 Å². The van der Waals surface area contributed by atoms with Crippen LogP contribution in [0, 0.1) is 3.57 Å². The highest BCUT2D eigenvalue weighted by molar-refractivity contribution is 14.1. The molecular weight excluding hydrogens is 310 g/mol. The Morgan fingerprint density at radius 1 is 1.36 bits per heavy atom. The van der Waals surface area contributed by atoms with E-state index in [1.54, 1.807) is 0 Å². The highest BCUT2D eigenvalue weighted by atomic mass is 127. The minimum Gasteiger partial charge on any atom is -0.492 e. The molecule has 14 heavy (non-hydrogen) atoms. The molecule has 0 amide bonds. The first-order valence-corrected chi connectivity index (χ1v) is 6.27. The zero-order valence-electron chi connectivity index (χ0n) is 8.22. The van der Waals surface area contributed by atoms with Crippen LogP contribution in [0.15, 0.2) is 18.2 Å². The summed E-state index contributed by atoms with van der Waals surface area (Å²) < 4.78 is 6.69. The van der Waals surface area contributed by atoms with Crippen molar-refractivity contribution >= 4 is 34.2 Å². The second-order valence-electron chi connectivity index (χ2n) is 3.13. The molecule has 0 fully saturated rings. The summed E-state index contributed by atoms with van der Waals surface area (Å²) >= 11 is 8.25. The van der Waals surface area contributed by atoms with Crippen LogP contribution in [0.2, 0.25) is 5.02 Å². The standard InChI is InChI=1S/C11H14ClIO/c1-2-3-4-7-14-11-6-5-9(13)8-10(11)12/h5-6,8H,2-4,7H2,1H3. The van der Waals surface area contributed by atoms with Gasteiger partial charge in [0.2, 0.25) is 0 Å². The molecule has 0 saturated heterocycles. The third-order valence-corrected chi connectivity index (χ3v) is 2.87. The summed E-state index contributed by atoms with van der Waals surface area (Å²) in [7, 11) is 0. The summed E-state index contributed by atoms with van der Waals surface area (Å²) in [4.78, 5) is 0. The average Bonchev–Trinajstić information content (AvgIpc) is 2.15. The molecule has 3 heteroatoms. The molecule has 0 saturated carbocycles. The molecule has 0 aliphatic heterocycles. The van der Waals surface area contributed by atoms with Crippen molar-refractivity contribution in [3.05, 3.63) is 26.8 Å². The maximum absolute atomic E-state index is 6.01. The number of rotatable bonds is 5. The fraction of sp³-hybridized carbons (Fsp3) is 0.455. The van der Waals surface area contributed by atoms with Gasteiger partial charge in [0, 0.05) is 3.57 Å². The Hall–Kier alpha value is 0.0400. The first-order chi connectivity index (χ1) is 6.74. The summed E-state index contributed by atoms with van der Waals surface area (Å²) in [5, 5.41) is 0.702. The Morgan fingerprint density at radius 3 is 2.79 bits per heavy atom. The molecule has 1 rings (SSSR count). The van der Waals surface area contributed by atoms with Crippen LogP contribution < -0.4 is 4.74 Å². The van der Waals surface area contributed by atoms with Gasteiger partial charge in [-0.15, -0.1) is 0 Å². The lowest BCUT2D eigenvalue weighted by Crippen LogP contribution is -1.97. The molecule has 0 aliphatic rings. The number of ether oxygens (including phenoxy) is 1. The van der Waals surface area contributed by atoms with Crippen molar-refractivity contribution < 1.29 is 4.74 Å². The van der Waals surface area contributed by atoms with Crippen LogP contribution in [-0.2, 0) is 0 Å². The molecule has 1 aromatic carbocycles. The minimum absolute atomic E-state index is 0.702. The molecular formula is C11H14ClIO. The van der Waals surface area contributed by atoms with Gasteiger partial charge < -0.3 is 4.74 Å². The molecule has 0 bridgehead atoms. The maximum Gasteiger partial charge on any atom is 0.137 e. The number of benzene rings is 1. The molecule has 0 unspecified atom stereocenters. The van der Waals surface area contributed by atoms with Crippen molar-refractivity contribution in [2.24, 2.45) is 0 Å². The lowest BCUT2D eigenvalue weighted by Gasteiger charge is -2.07. The van der Waals surface area contributed by atoms with Crippen LogP contribution in [0.4, 0.5) is 0 Å². The molecule has 0 N–H and O–H groups in total. The van der Waals surface area contributed by atoms with Crippen LogP contribution >= 0.6 is 34.2 Å². The van der Waals surface area contributed by atoms with E-state index in [9.17, 15) is 0 Å². The quantitative estimate of drug-likeness (QED) is 0.572. The fourth-order valence-electron chi connectivity index (χ4n) is 1.13. The van der Waals surface area contributed by atoms with E-state index in [-0.39, 0.29) is 0 Å². The number of hydrogen-bond donors (Lipinski definition) is 0. The summed E-state index contributed by atoms with van der Waals surface area (Å²) in [6, 6.07) is 5.84. The Kier molecular flexibility index (Phi) is 5.63. The van der Waals surface area contributed by atoms with E-state index >= 15 is 0 Å². The summed E-state index contributed by atoms with van der Waals surface area (Å²) in [5.41, 5.74) is 0. The molecule has 1 nitrogen and oxygen atoms in total. The monoisotopic (exact) mass is 324 g/mol. The number of hydrogen-bond acceptors (Lipinski definition) is 1. The van der Waals surface area contributed by atoms with Gasteiger partial charge in [0.1, 0.15) is 5.75 Å². The van der Waals surface area contributed by atoms with Crippen LogP contribution in [-0.4, -0.2) is 6.61 Å². The second-order valence-corrected chi connectivity index (χ2v) is 4.78. The Balaban J connectivity index is 2.42. The van der Waals surface area contributed by atoms with Gasteiger partial charge in [-0.1, -0.05) is 31.4 Å². The van der Waals surface area contributed by atoms with Gasteiger partial charge in [-0.25, -0.2) is 0 Å². The average molecular weight is 325 g/mol. The third-order valence-electron chi connectivity index (χ3n) is 1.90. The molecule has 0 radical (unpaired) electrons. The van der Waals surface area contributed by atoms with E-state index in [4.69, 9.17) is 16.3 Å². The first-order valence-electron chi connectivity index (χ1n) is 4.82. The smallest absolute Gasteiger partial charge is 0.137 e. The van der Waals surface area contributed by atoms with E-state index in [1.807, 2.05) is 18.2 Å². The summed E-state index contributed by atoms with van der Waals surface area (Å²) in [6.45, 7) is 2.94. The predicted molar refractivity (Wildman–Crippen MR) is 69.2 cm³/mol. The highest BCUT2D eigenvalue weighted by Gasteiger charge is 2.00. The van der Waals surface area contributed by atoms with Crippen molar-refractivity contribution in [1.82, 2.24) is 0 Å². The summed E-state index contributed by atoms with van der Waals surface area (Å²) in [5.74, 6) is 0.795. The zero-order chi connectivity index (χ0) is 10.4. The van der Waals surface area contributed by atoms with Crippen LogP contribution in [0.1, 0.15) is 26.2 Å². The Morgan fingerprint density at radius 2 is 2.14 bits per heavy atom. The maximum atomic E-state index is 6.01. The zero-order valence-corrected chi connectivity index (χ0v) is 11.1. The van der Waals surface area contributed by atoms with Crippen molar-refractivity contribution in [3.63, 3.8) is 0 Å². The molecule has 78 valence electrons. The van der Waals surface area contributed by atoms with E-state index in [0.29, 0.717) is 5.02 Å². The van der Waals surface area contributed by atoms with Crippen molar-refractivity contribution in [1.29, 1.82) is 0 Å². The molecule has 0 atom stereocenters. The van der Waals surface area contributed by atoms with Crippen LogP contribution in [0.5, 0.6) is 5.75 Å². The topological polar surface area (TPSA) is 9.23 Å². The third kappa shape index (κ3) is 4.05. The Labute approximate surface area is 104 Å². The van der Waals surface area contributed by atoms with Crippen molar-refractivity contribution in [2.45, 2.75) is 26.2 Å². The van der Waals surface area contributed by atoms with Crippen LogP contribution in [0.25, 0.3) is 0 Å². The second kappa shape index (κ2) is 6.51. The van der Waals surface area contributed by atoms with Crippen LogP contribution in [0.3, 0.4) is 0 Å². The minimum atomic E-state index is 0.702. The van der Waals surface area contributed by atoms with Gasteiger partial charge in [-0.05, 0) is 47.2 Å². The lowest BCUT2D eigenvalue weighted by atomic mass is 10.3. The van der Waals surface area contributed by atoms with Gasteiger partial charge in [-0.3, -0.25) is 0 Å². The molecule has 1 aromatic rings. The fourth-order valence-corrected chi connectivity index (χ4v) is 2.04. The number of halogens is 2. The normalized spacial score (nSPS) is 10.2. The highest BCUT2D eigenvalue weighted by Crippen LogP contribution is 2.26. The summed E-state index contributed by atoms with van der Waals surface area (Å²) in [6.07, 6.45) is 3.52. The largest absolute Gasteiger partial charge is 0.492 e. The first kappa shape index (κ1) is 12.1. The van der Waals surface area contributed by atoms with E-state index in [0.717, 1.165) is 22.3 Å². The molecule has 0 aliphatic carbocycles. The lowest BCUT2D eigenvalue weighted by molar-refractivity contribution is 0.306. The molecule has 0 spiro atoms. The number of unbranched alkanes of at least 4 members (excludes halogenated alkanes) is 2. The van der Waals surface area contributed by atoms with Gasteiger partial charge in [0.05, 0.1) is 11.6 Å². The van der Waals surface area contributed by atoms with Gasteiger partial charge >= 0.3 is 0 Å². The van der Waals surface area contributed by atoms with Gasteiger partial charge in [0.15, 0.2) is 0 Å². The Bertz CT molecular complexity index is 289. The van der Waals surface area contributed by atoms with Crippen molar-refractivity contribution in [2.75, 3.05) is 6.61 Å². The van der Waals surface area contributed by atoms with E-state index in [1.165, 1.54) is 12.8 Å². The van der Waals surface area contributed by atoms with Gasteiger partial charge in [-0.2, -0.15) is 0 Å². The van der Waals surface area contributed by atoms with E-state index < -0.39 is 0 Å². The van der Waals surface area contributed by atoms with E-state index in [2.05, 4.69) is 29.5 Å². The SMILES string of the molecule is CCCCCOc1ccc(I)cc1Cl. The predicted octanol–water partition coefficient (Wildman–Crippen LogP) is 4.51. The van der Waals surface area contributed by atoms with Crippen molar-refractivity contribution in [3.8, 4) is 5.75 Å². The molecule has 0 heterocycles. The molecule has 0 aromatic heterocycles.